The molecule has 0 spiro atoms. The number of hydrogen-bond donors (Lipinski definition) is 1. The lowest BCUT2D eigenvalue weighted by Gasteiger charge is -2.13. The van der Waals surface area contributed by atoms with Gasteiger partial charge < -0.3 is 9.67 Å². The molecule has 0 radical (unpaired) electrons. The van der Waals surface area contributed by atoms with Crippen molar-refractivity contribution in [3.63, 3.8) is 0 Å². The van der Waals surface area contributed by atoms with Crippen molar-refractivity contribution < 1.29 is 9.90 Å². The molecule has 0 saturated heterocycles. The molecule has 1 aromatic carbocycles. The van der Waals surface area contributed by atoms with E-state index in [0.717, 1.165) is 29.3 Å². The summed E-state index contributed by atoms with van der Waals surface area (Å²) in [4.78, 5) is 19.2. The minimum absolute atomic E-state index is 0.0509. The predicted octanol–water partition coefficient (Wildman–Crippen LogP) is 3.78. The minimum Gasteiger partial charge on any atom is -0.478 e. The first-order valence-corrected chi connectivity index (χ1v) is 8.28. The fraction of sp³-hybridized carbons (Fsp3) is 0.263. The van der Waals surface area contributed by atoms with Crippen molar-refractivity contribution in [2.24, 2.45) is 0 Å². The van der Waals surface area contributed by atoms with Crippen LogP contribution in [0.25, 0.3) is 22.3 Å². The normalized spacial score (nSPS) is 14.7. The Morgan fingerprint density at radius 1 is 1.24 bits per heavy atom. The highest BCUT2D eigenvalue weighted by molar-refractivity contribution is 5.90. The number of carboxylic acids is 1. The van der Waals surface area contributed by atoms with Gasteiger partial charge in [0.15, 0.2) is 5.82 Å². The average Bonchev–Trinajstić information content (AvgIpc) is 3.28. The third kappa shape index (κ3) is 2.64. The third-order valence-electron chi connectivity index (χ3n) is 4.83. The maximum absolute atomic E-state index is 10.9. The smallest absolute Gasteiger partial charge is 0.338 e. The Labute approximate surface area is 144 Å². The summed E-state index contributed by atoms with van der Waals surface area (Å²) in [5.41, 5.74) is 2.51. The van der Waals surface area contributed by atoms with Crippen molar-refractivity contribution in [2.75, 3.05) is 0 Å². The van der Waals surface area contributed by atoms with E-state index >= 15 is 0 Å². The molecular formula is C19H16N4O2. The second-order valence-corrected chi connectivity index (χ2v) is 6.33. The fourth-order valence-electron chi connectivity index (χ4n) is 3.56. The van der Waals surface area contributed by atoms with Crippen LogP contribution in [-0.2, 0) is 0 Å². The van der Waals surface area contributed by atoms with Crippen LogP contribution in [0.5, 0.6) is 0 Å². The van der Waals surface area contributed by atoms with Crippen molar-refractivity contribution in [1.82, 2.24) is 14.5 Å². The van der Waals surface area contributed by atoms with Gasteiger partial charge in [0.1, 0.15) is 6.07 Å². The maximum atomic E-state index is 10.9. The Hall–Kier alpha value is -3.20. The standard InChI is InChI=1S/C19H16N4O2/c20-8-13-11-23(15-3-1-2-4-15)17-6-5-12(7-16(13)17)18-21-9-14(10-22-18)19(24)25/h5-7,9-11,15H,1-4H2,(H,24,25). The molecule has 0 amide bonds. The molecule has 4 rings (SSSR count). The first-order valence-electron chi connectivity index (χ1n) is 8.28. The molecule has 1 aliphatic carbocycles. The van der Waals surface area contributed by atoms with E-state index in [0.29, 0.717) is 17.4 Å². The first kappa shape index (κ1) is 15.3. The summed E-state index contributed by atoms with van der Waals surface area (Å²) in [5.74, 6) is -0.605. The molecule has 1 saturated carbocycles. The van der Waals surface area contributed by atoms with Crippen LogP contribution < -0.4 is 0 Å². The number of fused-ring (bicyclic) bond motifs is 1. The zero-order valence-corrected chi connectivity index (χ0v) is 13.5. The number of carbonyl (C=O) groups is 1. The van der Waals surface area contributed by atoms with E-state index < -0.39 is 5.97 Å². The van der Waals surface area contributed by atoms with Crippen molar-refractivity contribution in [3.8, 4) is 17.5 Å². The van der Waals surface area contributed by atoms with Crippen molar-refractivity contribution in [2.45, 2.75) is 31.7 Å². The highest BCUT2D eigenvalue weighted by Crippen LogP contribution is 2.35. The van der Waals surface area contributed by atoms with Gasteiger partial charge in [-0.2, -0.15) is 5.26 Å². The number of hydrogen-bond acceptors (Lipinski definition) is 4. The van der Waals surface area contributed by atoms with Gasteiger partial charge in [-0.25, -0.2) is 14.8 Å². The molecule has 6 nitrogen and oxygen atoms in total. The molecule has 124 valence electrons. The van der Waals surface area contributed by atoms with E-state index in [4.69, 9.17) is 5.11 Å². The van der Waals surface area contributed by atoms with Crippen molar-refractivity contribution in [3.05, 3.63) is 47.9 Å². The lowest BCUT2D eigenvalue weighted by molar-refractivity contribution is 0.0696. The Morgan fingerprint density at radius 3 is 2.60 bits per heavy atom. The summed E-state index contributed by atoms with van der Waals surface area (Å²) in [5, 5.41) is 19.3. The summed E-state index contributed by atoms with van der Waals surface area (Å²) in [6.07, 6.45) is 9.29. The second kappa shape index (κ2) is 6.02. The van der Waals surface area contributed by atoms with E-state index in [1.807, 2.05) is 24.4 Å². The Balaban J connectivity index is 1.79. The van der Waals surface area contributed by atoms with E-state index in [-0.39, 0.29) is 5.56 Å². The number of carboxylic acid groups (broad SMARTS) is 1. The highest BCUT2D eigenvalue weighted by atomic mass is 16.4. The molecule has 0 unspecified atom stereocenters. The van der Waals surface area contributed by atoms with Crippen molar-refractivity contribution >= 4 is 16.9 Å². The topological polar surface area (TPSA) is 91.8 Å². The van der Waals surface area contributed by atoms with Gasteiger partial charge >= 0.3 is 5.97 Å². The number of aromatic carboxylic acids is 1. The van der Waals surface area contributed by atoms with Gasteiger partial charge in [0.25, 0.3) is 0 Å². The molecule has 1 fully saturated rings. The van der Waals surface area contributed by atoms with Crippen LogP contribution in [0.4, 0.5) is 0 Å². The Bertz CT molecular complexity index is 993. The summed E-state index contributed by atoms with van der Waals surface area (Å²) < 4.78 is 2.22. The molecular weight excluding hydrogens is 316 g/mol. The van der Waals surface area contributed by atoms with Crippen LogP contribution in [-0.4, -0.2) is 25.6 Å². The molecule has 0 atom stereocenters. The van der Waals surface area contributed by atoms with Crippen LogP contribution in [0, 0.1) is 11.3 Å². The van der Waals surface area contributed by atoms with E-state index in [1.54, 1.807) is 0 Å². The van der Waals surface area contributed by atoms with Gasteiger partial charge in [-0.05, 0) is 31.0 Å². The molecule has 2 aromatic heterocycles. The monoisotopic (exact) mass is 332 g/mol. The fourth-order valence-corrected chi connectivity index (χ4v) is 3.56. The minimum atomic E-state index is -1.05. The Morgan fingerprint density at radius 2 is 1.96 bits per heavy atom. The van der Waals surface area contributed by atoms with Crippen molar-refractivity contribution in [1.29, 1.82) is 5.26 Å². The van der Waals surface area contributed by atoms with Crippen LogP contribution in [0.3, 0.4) is 0 Å². The lowest BCUT2D eigenvalue weighted by atomic mass is 10.1. The Kier molecular flexibility index (Phi) is 3.69. The van der Waals surface area contributed by atoms with Gasteiger partial charge in [0.2, 0.25) is 0 Å². The highest BCUT2D eigenvalue weighted by Gasteiger charge is 2.20. The summed E-state index contributed by atoms with van der Waals surface area (Å²) >= 11 is 0. The molecule has 1 aliphatic rings. The van der Waals surface area contributed by atoms with Crippen LogP contribution in [0.1, 0.15) is 47.6 Å². The predicted molar refractivity (Wildman–Crippen MR) is 92.1 cm³/mol. The molecule has 2 heterocycles. The van der Waals surface area contributed by atoms with E-state index in [1.165, 1.54) is 25.2 Å². The number of rotatable bonds is 3. The number of aromatic nitrogens is 3. The zero-order valence-electron chi connectivity index (χ0n) is 13.5. The third-order valence-corrected chi connectivity index (χ3v) is 4.83. The quantitative estimate of drug-likeness (QED) is 0.788. The molecule has 6 heteroatoms. The summed E-state index contributed by atoms with van der Waals surface area (Å²) in [7, 11) is 0. The summed E-state index contributed by atoms with van der Waals surface area (Å²) in [6, 6.07) is 8.57. The average molecular weight is 332 g/mol. The van der Waals surface area contributed by atoms with Gasteiger partial charge in [-0.3, -0.25) is 0 Å². The number of nitriles is 1. The van der Waals surface area contributed by atoms with E-state index in [9.17, 15) is 10.1 Å². The zero-order chi connectivity index (χ0) is 17.4. The molecule has 25 heavy (non-hydrogen) atoms. The molecule has 3 aromatic rings. The lowest BCUT2D eigenvalue weighted by Crippen LogP contribution is -2.02. The van der Waals surface area contributed by atoms with Gasteiger partial charge in [-0.1, -0.05) is 12.8 Å². The van der Waals surface area contributed by atoms with Crippen LogP contribution >= 0.6 is 0 Å². The van der Waals surface area contributed by atoms with Crippen LogP contribution in [0.2, 0.25) is 0 Å². The second-order valence-electron chi connectivity index (χ2n) is 6.33. The molecule has 1 N–H and O–H groups in total. The number of benzene rings is 1. The molecule has 0 aliphatic heterocycles. The van der Waals surface area contributed by atoms with Gasteiger partial charge in [-0.15, -0.1) is 0 Å². The van der Waals surface area contributed by atoms with Crippen LogP contribution in [0.15, 0.2) is 36.8 Å². The maximum Gasteiger partial charge on any atom is 0.338 e. The summed E-state index contributed by atoms with van der Waals surface area (Å²) in [6.45, 7) is 0. The van der Waals surface area contributed by atoms with Gasteiger partial charge in [0, 0.05) is 41.1 Å². The first-order chi connectivity index (χ1) is 12.2. The van der Waals surface area contributed by atoms with Gasteiger partial charge in [0.05, 0.1) is 11.1 Å². The molecule has 0 bridgehead atoms. The van der Waals surface area contributed by atoms with E-state index in [2.05, 4.69) is 20.6 Å². The number of nitrogens with zero attached hydrogens (tertiary/aromatic N) is 4. The largest absolute Gasteiger partial charge is 0.478 e. The SMILES string of the molecule is N#Cc1cn(C2CCCC2)c2ccc(-c3ncc(C(=O)O)cn3)cc12.